The number of thiophene rings is 1. The first-order valence-corrected chi connectivity index (χ1v) is 8.76. The predicted octanol–water partition coefficient (Wildman–Crippen LogP) is 2.99. The van der Waals surface area contributed by atoms with Gasteiger partial charge in [-0.2, -0.15) is 0 Å². The summed E-state index contributed by atoms with van der Waals surface area (Å²) in [6, 6.07) is 9.50. The summed E-state index contributed by atoms with van der Waals surface area (Å²) in [5, 5.41) is 5.47. The number of hydrogen-bond donors (Lipinski definition) is 2. The third-order valence-electron chi connectivity index (χ3n) is 3.41. The van der Waals surface area contributed by atoms with Crippen LogP contribution in [0.5, 0.6) is 0 Å². The minimum Gasteiger partial charge on any atom is -0.366 e. The monoisotopic (exact) mass is 345 g/mol. The standard InChI is InChI=1S/C16H15N3O2S2/c1-9(16-19-11-4-2-3-5-12(11)23-16)7-18-15(21)13-6-10(8-22-13)14(17)20/h2-6,8-9H,7H2,1H3,(H2,17,20)(H,18,21). The molecule has 2 aromatic heterocycles. The fraction of sp³-hybridized carbons (Fsp3) is 0.188. The van der Waals surface area contributed by atoms with Crippen LogP contribution in [-0.2, 0) is 0 Å². The van der Waals surface area contributed by atoms with Crippen molar-refractivity contribution in [2.75, 3.05) is 6.54 Å². The average Bonchev–Trinajstić information content (AvgIpc) is 3.18. The lowest BCUT2D eigenvalue weighted by Gasteiger charge is -2.09. The maximum Gasteiger partial charge on any atom is 0.261 e. The highest BCUT2D eigenvalue weighted by molar-refractivity contribution is 7.18. The van der Waals surface area contributed by atoms with Crippen molar-refractivity contribution >= 4 is 44.7 Å². The number of nitrogens with one attached hydrogen (secondary N) is 1. The van der Waals surface area contributed by atoms with E-state index in [1.165, 1.54) is 17.4 Å². The maximum absolute atomic E-state index is 12.1. The molecule has 0 spiro atoms. The Morgan fingerprint density at radius 2 is 2.13 bits per heavy atom. The van der Waals surface area contributed by atoms with Gasteiger partial charge in [0.1, 0.15) is 0 Å². The summed E-state index contributed by atoms with van der Waals surface area (Å²) in [6.07, 6.45) is 0. The number of carbonyl (C=O) groups excluding carboxylic acids is 2. The molecule has 1 aromatic carbocycles. The van der Waals surface area contributed by atoms with E-state index in [-0.39, 0.29) is 11.8 Å². The highest BCUT2D eigenvalue weighted by Gasteiger charge is 2.15. The number of benzene rings is 1. The van der Waals surface area contributed by atoms with Crippen LogP contribution in [0.3, 0.4) is 0 Å². The lowest BCUT2D eigenvalue weighted by atomic mass is 10.2. The summed E-state index contributed by atoms with van der Waals surface area (Å²) < 4.78 is 1.14. The van der Waals surface area contributed by atoms with Crippen molar-refractivity contribution in [3.8, 4) is 0 Å². The Labute approximate surface area is 141 Å². The second-order valence-electron chi connectivity index (χ2n) is 5.19. The number of primary amides is 1. The molecule has 5 nitrogen and oxygen atoms in total. The lowest BCUT2D eigenvalue weighted by Crippen LogP contribution is -2.26. The van der Waals surface area contributed by atoms with E-state index >= 15 is 0 Å². The summed E-state index contributed by atoms with van der Waals surface area (Å²) in [5.41, 5.74) is 6.53. The van der Waals surface area contributed by atoms with Crippen molar-refractivity contribution in [3.05, 3.63) is 51.2 Å². The number of rotatable bonds is 5. The topological polar surface area (TPSA) is 85.1 Å². The molecule has 0 saturated heterocycles. The molecule has 0 aliphatic carbocycles. The molecule has 2 amide bonds. The molecule has 7 heteroatoms. The zero-order valence-corrected chi connectivity index (χ0v) is 14.0. The van der Waals surface area contributed by atoms with Crippen molar-refractivity contribution < 1.29 is 9.59 Å². The molecule has 3 aromatic rings. The lowest BCUT2D eigenvalue weighted by molar-refractivity contribution is 0.0955. The maximum atomic E-state index is 12.1. The normalized spacial score (nSPS) is 12.2. The largest absolute Gasteiger partial charge is 0.366 e. The first-order chi connectivity index (χ1) is 11.0. The number of amides is 2. The van der Waals surface area contributed by atoms with Gasteiger partial charge in [-0.25, -0.2) is 4.98 Å². The summed E-state index contributed by atoms with van der Waals surface area (Å²) >= 11 is 2.85. The van der Waals surface area contributed by atoms with E-state index in [4.69, 9.17) is 5.73 Å². The first kappa shape index (κ1) is 15.6. The third kappa shape index (κ3) is 3.40. The van der Waals surface area contributed by atoms with Gasteiger partial charge in [-0.05, 0) is 18.2 Å². The van der Waals surface area contributed by atoms with Crippen molar-refractivity contribution in [3.63, 3.8) is 0 Å². The zero-order valence-electron chi connectivity index (χ0n) is 12.4. The van der Waals surface area contributed by atoms with Gasteiger partial charge in [0.15, 0.2) is 0 Å². The zero-order chi connectivity index (χ0) is 16.4. The Kier molecular flexibility index (Phi) is 4.40. The van der Waals surface area contributed by atoms with Gasteiger partial charge < -0.3 is 11.1 Å². The van der Waals surface area contributed by atoms with Gasteiger partial charge >= 0.3 is 0 Å². The van der Waals surface area contributed by atoms with Gasteiger partial charge in [0.05, 0.1) is 25.7 Å². The van der Waals surface area contributed by atoms with Crippen LogP contribution in [0.4, 0.5) is 0 Å². The van der Waals surface area contributed by atoms with E-state index < -0.39 is 5.91 Å². The van der Waals surface area contributed by atoms with E-state index in [9.17, 15) is 9.59 Å². The molecule has 0 aliphatic rings. The molecule has 1 unspecified atom stereocenters. The number of fused-ring (bicyclic) bond motifs is 1. The van der Waals surface area contributed by atoms with Crippen LogP contribution in [0.1, 0.15) is 37.9 Å². The molecule has 118 valence electrons. The number of nitrogens with zero attached hydrogens (tertiary/aromatic N) is 1. The summed E-state index contributed by atoms with van der Waals surface area (Å²) in [4.78, 5) is 28.3. The summed E-state index contributed by atoms with van der Waals surface area (Å²) in [6.45, 7) is 2.52. The van der Waals surface area contributed by atoms with E-state index in [1.54, 1.807) is 16.7 Å². The molecule has 3 rings (SSSR count). The Morgan fingerprint density at radius 3 is 2.83 bits per heavy atom. The molecule has 1 atom stereocenters. The third-order valence-corrected chi connectivity index (χ3v) is 5.61. The first-order valence-electron chi connectivity index (χ1n) is 7.06. The highest BCUT2D eigenvalue weighted by atomic mass is 32.1. The molecular weight excluding hydrogens is 330 g/mol. The van der Waals surface area contributed by atoms with Crippen molar-refractivity contribution in [1.29, 1.82) is 0 Å². The molecule has 3 N–H and O–H groups in total. The van der Waals surface area contributed by atoms with Gasteiger partial charge in [-0.1, -0.05) is 19.1 Å². The quantitative estimate of drug-likeness (QED) is 0.745. The Hall–Kier alpha value is -2.25. The van der Waals surface area contributed by atoms with Crippen LogP contribution in [-0.4, -0.2) is 23.3 Å². The number of hydrogen-bond acceptors (Lipinski definition) is 5. The summed E-state index contributed by atoms with van der Waals surface area (Å²) in [5.74, 6) is -0.606. The molecule has 2 heterocycles. The number of nitrogens with two attached hydrogens (primary N) is 1. The van der Waals surface area contributed by atoms with E-state index in [0.29, 0.717) is 17.0 Å². The number of thiazole rings is 1. The smallest absolute Gasteiger partial charge is 0.261 e. The Morgan fingerprint density at radius 1 is 1.35 bits per heavy atom. The molecular formula is C16H15N3O2S2. The average molecular weight is 345 g/mol. The van der Waals surface area contributed by atoms with Crippen LogP contribution in [0.25, 0.3) is 10.2 Å². The second kappa shape index (κ2) is 6.47. The van der Waals surface area contributed by atoms with Crippen molar-refractivity contribution in [2.45, 2.75) is 12.8 Å². The second-order valence-corrected chi connectivity index (χ2v) is 7.17. The Bertz CT molecular complexity index is 836. The van der Waals surface area contributed by atoms with Crippen LogP contribution in [0, 0.1) is 0 Å². The molecule has 0 radical (unpaired) electrons. The molecule has 0 fully saturated rings. The minimum atomic E-state index is -0.525. The van der Waals surface area contributed by atoms with Gasteiger partial charge in [-0.15, -0.1) is 22.7 Å². The minimum absolute atomic E-state index is 0.118. The number of aromatic nitrogens is 1. The van der Waals surface area contributed by atoms with Crippen LogP contribution in [0.15, 0.2) is 35.7 Å². The molecule has 0 bridgehead atoms. The van der Waals surface area contributed by atoms with Crippen LogP contribution in [0.2, 0.25) is 0 Å². The Balaban J connectivity index is 1.64. The van der Waals surface area contributed by atoms with Gasteiger partial charge in [0.25, 0.3) is 5.91 Å². The van der Waals surface area contributed by atoms with Crippen molar-refractivity contribution in [1.82, 2.24) is 10.3 Å². The van der Waals surface area contributed by atoms with Gasteiger partial charge in [0.2, 0.25) is 5.91 Å². The summed E-state index contributed by atoms with van der Waals surface area (Å²) in [7, 11) is 0. The molecule has 0 saturated carbocycles. The predicted molar refractivity (Wildman–Crippen MR) is 93.2 cm³/mol. The fourth-order valence-corrected chi connectivity index (χ4v) is 3.94. The van der Waals surface area contributed by atoms with Gasteiger partial charge in [-0.3, -0.25) is 9.59 Å². The molecule has 0 aliphatic heterocycles. The fourth-order valence-electron chi connectivity index (χ4n) is 2.11. The number of carbonyl (C=O) groups is 2. The van der Waals surface area contributed by atoms with Gasteiger partial charge in [0, 0.05) is 17.8 Å². The highest BCUT2D eigenvalue weighted by Crippen LogP contribution is 2.27. The molecule has 23 heavy (non-hydrogen) atoms. The van der Waals surface area contributed by atoms with Crippen LogP contribution >= 0.6 is 22.7 Å². The van der Waals surface area contributed by atoms with E-state index in [1.807, 2.05) is 31.2 Å². The van der Waals surface area contributed by atoms with E-state index in [2.05, 4.69) is 10.3 Å². The van der Waals surface area contributed by atoms with Crippen molar-refractivity contribution in [2.24, 2.45) is 5.73 Å². The SMILES string of the molecule is CC(CNC(=O)c1cc(C(N)=O)cs1)c1nc2ccccc2s1. The number of para-hydroxylation sites is 1. The van der Waals surface area contributed by atoms with Crippen LogP contribution < -0.4 is 11.1 Å². The van der Waals surface area contributed by atoms with E-state index in [0.717, 1.165) is 15.2 Å².